The Hall–Kier alpha value is -2.77. The van der Waals surface area contributed by atoms with Gasteiger partial charge in [0.2, 0.25) is 0 Å². The number of hydrogen-bond donors (Lipinski definition) is 3. The number of rotatable bonds is 12. The number of ether oxygens (including phenoxy) is 3. The van der Waals surface area contributed by atoms with Gasteiger partial charge in [-0.05, 0) is 56.2 Å². The zero-order valence-electron chi connectivity index (χ0n) is 18.9. The smallest absolute Gasteiger partial charge is 0.191 e. The zero-order chi connectivity index (χ0) is 22.5. The summed E-state index contributed by atoms with van der Waals surface area (Å²) < 4.78 is 16.3. The van der Waals surface area contributed by atoms with Crippen LogP contribution in [0.1, 0.15) is 38.0 Å². The fraction of sp³-hybridized carbons (Fsp3) is 0.458. The number of methoxy groups -OCH3 is 1. The van der Waals surface area contributed by atoms with Gasteiger partial charge < -0.3 is 30.0 Å². The average Bonchev–Trinajstić information content (AvgIpc) is 2.76. The Labute approximate surface area is 185 Å². The third kappa shape index (κ3) is 9.27. The van der Waals surface area contributed by atoms with E-state index in [9.17, 15) is 5.11 Å². The van der Waals surface area contributed by atoms with E-state index in [1.807, 2.05) is 69.3 Å². The van der Waals surface area contributed by atoms with Crippen LogP contribution < -0.4 is 20.1 Å². The summed E-state index contributed by atoms with van der Waals surface area (Å²) in [5.41, 5.74) is 1.86. The van der Waals surface area contributed by atoms with Gasteiger partial charge in [0.25, 0.3) is 0 Å². The molecule has 2 rings (SSSR count). The molecule has 0 aliphatic carbocycles. The Balaban J connectivity index is 1.91. The van der Waals surface area contributed by atoms with Gasteiger partial charge in [0.05, 0.1) is 25.4 Å². The molecule has 0 aliphatic rings. The van der Waals surface area contributed by atoms with Crippen LogP contribution in [0.2, 0.25) is 0 Å². The Bertz CT molecular complexity index is 794. The van der Waals surface area contributed by atoms with Gasteiger partial charge in [0.1, 0.15) is 18.1 Å². The second kappa shape index (κ2) is 13.5. The molecule has 0 saturated heterocycles. The molecule has 0 heterocycles. The number of aliphatic hydroxyl groups excluding tert-OH is 1. The van der Waals surface area contributed by atoms with Crippen LogP contribution >= 0.6 is 0 Å². The van der Waals surface area contributed by atoms with Gasteiger partial charge in [-0.1, -0.05) is 24.3 Å². The molecule has 0 bridgehead atoms. The van der Waals surface area contributed by atoms with Crippen molar-refractivity contribution in [2.45, 2.75) is 39.5 Å². The molecule has 0 amide bonds. The molecule has 1 atom stereocenters. The monoisotopic (exact) mass is 429 g/mol. The Morgan fingerprint density at radius 1 is 1.03 bits per heavy atom. The minimum Gasteiger partial charge on any atom is -0.491 e. The fourth-order valence-corrected chi connectivity index (χ4v) is 2.82. The summed E-state index contributed by atoms with van der Waals surface area (Å²) in [6.07, 6.45) is -0.591. The Morgan fingerprint density at radius 2 is 1.81 bits per heavy atom. The number of aliphatic imine (C=N–C) groups is 1. The van der Waals surface area contributed by atoms with Crippen LogP contribution in [0.3, 0.4) is 0 Å². The molecule has 0 saturated carbocycles. The largest absolute Gasteiger partial charge is 0.491 e. The molecule has 0 spiro atoms. The molecule has 31 heavy (non-hydrogen) atoms. The highest BCUT2D eigenvalue weighted by molar-refractivity contribution is 5.79. The van der Waals surface area contributed by atoms with Crippen molar-refractivity contribution >= 4 is 5.96 Å². The summed E-state index contributed by atoms with van der Waals surface area (Å²) in [4.78, 5) is 4.61. The minimum absolute atomic E-state index is 0.0870. The summed E-state index contributed by atoms with van der Waals surface area (Å²) in [7, 11) is 1.65. The highest BCUT2D eigenvalue weighted by Crippen LogP contribution is 2.20. The Morgan fingerprint density at radius 3 is 2.48 bits per heavy atom. The molecular formula is C24H35N3O4. The van der Waals surface area contributed by atoms with E-state index in [4.69, 9.17) is 14.2 Å². The van der Waals surface area contributed by atoms with Crippen molar-refractivity contribution in [3.05, 3.63) is 59.7 Å². The number of hydrogen-bond acceptors (Lipinski definition) is 5. The summed E-state index contributed by atoms with van der Waals surface area (Å²) in [5, 5.41) is 17.0. The maximum absolute atomic E-state index is 10.6. The van der Waals surface area contributed by atoms with Gasteiger partial charge in [-0.25, -0.2) is 4.99 Å². The van der Waals surface area contributed by atoms with E-state index in [2.05, 4.69) is 15.6 Å². The molecule has 2 aromatic rings. The van der Waals surface area contributed by atoms with Crippen molar-refractivity contribution in [1.82, 2.24) is 10.6 Å². The third-order valence-electron chi connectivity index (χ3n) is 4.32. The van der Waals surface area contributed by atoms with Gasteiger partial charge in [-0.3, -0.25) is 0 Å². The molecule has 0 radical (unpaired) electrons. The summed E-state index contributed by atoms with van der Waals surface area (Å²) in [6, 6.07) is 15.4. The van der Waals surface area contributed by atoms with Crippen LogP contribution in [0, 0.1) is 0 Å². The number of nitrogens with zero attached hydrogens (tertiary/aromatic N) is 1. The average molecular weight is 430 g/mol. The van der Waals surface area contributed by atoms with E-state index >= 15 is 0 Å². The fourth-order valence-electron chi connectivity index (χ4n) is 2.82. The summed E-state index contributed by atoms with van der Waals surface area (Å²) in [6.45, 7) is 8.63. The molecule has 0 aromatic heterocycles. The second-order valence-corrected chi connectivity index (χ2v) is 7.32. The van der Waals surface area contributed by atoms with Gasteiger partial charge >= 0.3 is 0 Å². The number of guanidine groups is 1. The SMILES string of the molecule is CCNC(=NCc1ccc(OCCOC)cc1)NCC(O)c1cccc(OC(C)C)c1. The van der Waals surface area contributed by atoms with E-state index in [1.165, 1.54) is 0 Å². The van der Waals surface area contributed by atoms with Crippen LogP contribution in [-0.4, -0.2) is 50.6 Å². The number of benzene rings is 2. The first kappa shape index (κ1) is 24.5. The quantitative estimate of drug-likeness (QED) is 0.273. The summed E-state index contributed by atoms with van der Waals surface area (Å²) >= 11 is 0. The van der Waals surface area contributed by atoms with Crippen LogP contribution in [0.15, 0.2) is 53.5 Å². The summed E-state index contributed by atoms with van der Waals surface area (Å²) in [5.74, 6) is 2.21. The predicted octanol–water partition coefficient (Wildman–Crippen LogP) is 3.29. The molecule has 0 aliphatic heterocycles. The van der Waals surface area contributed by atoms with Gasteiger partial charge in [0, 0.05) is 20.2 Å². The van der Waals surface area contributed by atoms with E-state index in [-0.39, 0.29) is 6.10 Å². The van der Waals surface area contributed by atoms with Crippen molar-refractivity contribution in [1.29, 1.82) is 0 Å². The van der Waals surface area contributed by atoms with Crippen molar-refractivity contribution < 1.29 is 19.3 Å². The van der Waals surface area contributed by atoms with E-state index in [0.29, 0.717) is 32.3 Å². The standard InChI is InChI=1S/C24H35N3O4/c1-5-25-24(26-16-19-9-11-21(12-10-19)30-14-13-29-4)27-17-23(28)20-7-6-8-22(15-20)31-18(2)3/h6-12,15,18,23,28H,5,13-14,16-17H2,1-4H3,(H2,25,26,27). The van der Waals surface area contributed by atoms with Crippen LogP contribution in [0.4, 0.5) is 0 Å². The van der Waals surface area contributed by atoms with Crippen LogP contribution in [0.5, 0.6) is 11.5 Å². The molecule has 7 heteroatoms. The number of nitrogens with one attached hydrogen (secondary N) is 2. The lowest BCUT2D eigenvalue weighted by atomic mass is 10.1. The zero-order valence-corrected chi connectivity index (χ0v) is 18.9. The minimum atomic E-state index is -0.678. The van der Waals surface area contributed by atoms with Crippen molar-refractivity contribution in [3.63, 3.8) is 0 Å². The van der Waals surface area contributed by atoms with E-state index in [1.54, 1.807) is 7.11 Å². The normalized spacial score (nSPS) is 12.5. The van der Waals surface area contributed by atoms with Crippen molar-refractivity contribution in [2.75, 3.05) is 33.4 Å². The van der Waals surface area contributed by atoms with E-state index < -0.39 is 6.10 Å². The highest BCUT2D eigenvalue weighted by Gasteiger charge is 2.10. The second-order valence-electron chi connectivity index (χ2n) is 7.32. The maximum atomic E-state index is 10.6. The molecule has 2 aromatic carbocycles. The highest BCUT2D eigenvalue weighted by atomic mass is 16.5. The molecular weight excluding hydrogens is 394 g/mol. The topological polar surface area (TPSA) is 84.3 Å². The van der Waals surface area contributed by atoms with Crippen molar-refractivity contribution in [3.8, 4) is 11.5 Å². The molecule has 170 valence electrons. The molecule has 3 N–H and O–H groups in total. The van der Waals surface area contributed by atoms with Crippen LogP contribution in [-0.2, 0) is 11.3 Å². The van der Waals surface area contributed by atoms with Gasteiger partial charge in [0.15, 0.2) is 5.96 Å². The van der Waals surface area contributed by atoms with Gasteiger partial charge in [-0.15, -0.1) is 0 Å². The number of aliphatic hydroxyl groups is 1. The first-order chi connectivity index (χ1) is 15.0. The van der Waals surface area contributed by atoms with E-state index in [0.717, 1.165) is 29.2 Å². The lowest BCUT2D eigenvalue weighted by molar-refractivity contribution is 0.146. The predicted molar refractivity (Wildman–Crippen MR) is 124 cm³/mol. The maximum Gasteiger partial charge on any atom is 0.191 e. The first-order valence-electron chi connectivity index (χ1n) is 10.7. The van der Waals surface area contributed by atoms with Crippen LogP contribution in [0.25, 0.3) is 0 Å². The molecule has 1 unspecified atom stereocenters. The van der Waals surface area contributed by atoms with Gasteiger partial charge in [-0.2, -0.15) is 0 Å². The molecule has 0 fully saturated rings. The Kier molecular flexibility index (Phi) is 10.7. The third-order valence-corrected chi connectivity index (χ3v) is 4.32. The lowest BCUT2D eigenvalue weighted by Crippen LogP contribution is -2.39. The lowest BCUT2D eigenvalue weighted by Gasteiger charge is -2.17. The first-order valence-corrected chi connectivity index (χ1v) is 10.7. The van der Waals surface area contributed by atoms with Crippen molar-refractivity contribution in [2.24, 2.45) is 4.99 Å². The molecule has 7 nitrogen and oxygen atoms in total.